The molecule has 1 rings (SSSR count). The third kappa shape index (κ3) is 4.06. The molecule has 4 nitrogen and oxygen atoms in total. The smallest absolute Gasteiger partial charge is 0.0801 e. The topological polar surface area (TPSA) is 56.5 Å². The molecule has 0 spiro atoms. The number of methoxy groups -OCH3 is 1. The highest BCUT2D eigenvalue weighted by atomic mass is 35.5. The van der Waals surface area contributed by atoms with Crippen LogP contribution >= 0.6 is 22.9 Å². The first kappa shape index (κ1) is 12.9. The number of rotatable bonds is 7. The summed E-state index contributed by atoms with van der Waals surface area (Å²) in [6, 6.07) is 1.79. The average molecular weight is 251 g/mol. The molecule has 0 saturated carbocycles. The molecule has 0 fully saturated rings. The monoisotopic (exact) mass is 250 g/mol. The SMILES string of the molecule is COCCOCC(NN)c1sccc1Cl. The largest absolute Gasteiger partial charge is 0.382 e. The minimum Gasteiger partial charge on any atom is -0.382 e. The van der Waals surface area contributed by atoms with E-state index in [1.165, 1.54) is 0 Å². The number of nitrogens with one attached hydrogen (secondary N) is 1. The summed E-state index contributed by atoms with van der Waals surface area (Å²) >= 11 is 7.55. The molecule has 3 N–H and O–H groups in total. The van der Waals surface area contributed by atoms with Gasteiger partial charge < -0.3 is 9.47 Å². The van der Waals surface area contributed by atoms with Crippen LogP contribution in [-0.2, 0) is 9.47 Å². The van der Waals surface area contributed by atoms with Gasteiger partial charge in [0.05, 0.1) is 30.9 Å². The van der Waals surface area contributed by atoms with Crippen molar-refractivity contribution < 1.29 is 9.47 Å². The summed E-state index contributed by atoms with van der Waals surface area (Å²) in [7, 11) is 1.64. The van der Waals surface area contributed by atoms with Gasteiger partial charge in [-0.3, -0.25) is 5.84 Å². The van der Waals surface area contributed by atoms with E-state index < -0.39 is 0 Å². The fourth-order valence-corrected chi connectivity index (χ4v) is 2.33. The zero-order valence-corrected chi connectivity index (χ0v) is 10.1. The quantitative estimate of drug-likeness (QED) is 0.438. The summed E-state index contributed by atoms with van der Waals surface area (Å²) in [5.74, 6) is 5.43. The Bertz CT molecular complexity index is 283. The van der Waals surface area contributed by atoms with E-state index in [2.05, 4.69) is 5.43 Å². The second-order valence-corrected chi connectivity index (χ2v) is 4.27. The Labute approximate surface area is 98.3 Å². The lowest BCUT2D eigenvalue weighted by Gasteiger charge is -2.14. The van der Waals surface area contributed by atoms with Gasteiger partial charge in [-0.25, -0.2) is 5.43 Å². The minimum absolute atomic E-state index is 0.0608. The Hall–Kier alpha value is -0.170. The maximum Gasteiger partial charge on any atom is 0.0801 e. The van der Waals surface area contributed by atoms with Gasteiger partial charge in [-0.15, -0.1) is 11.3 Å². The molecule has 0 aliphatic carbocycles. The zero-order chi connectivity index (χ0) is 11.1. The van der Waals surface area contributed by atoms with Crippen molar-refractivity contribution in [3.63, 3.8) is 0 Å². The van der Waals surface area contributed by atoms with Gasteiger partial charge in [-0.2, -0.15) is 0 Å². The number of ether oxygens (including phenoxy) is 2. The summed E-state index contributed by atoms with van der Waals surface area (Å²) in [5.41, 5.74) is 2.68. The van der Waals surface area contributed by atoms with Gasteiger partial charge in [0, 0.05) is 12.0 Å². The van der Waals surface area contributed by atoms with Crippen LogP contribution in [0.2, 0.25) is 5.02 Å². The van der Waals surface area contributed by atoms with Crippen molar-refractivity contribution in [3.8, 4) is 0 Å². The molecule has 15 heavy (non-hydrogen) atoms. The van der Waals surface area contributed by atoms with Crippen molar-refractivity contribution >= 4 is 22.9 Å². The maximum absolute atomic E-state index is 5.99. The second kappa shape index (κ2) is 7.16. The van der Waals surface area contributed by atoms with Gasteiger partial charge in [0.2, 0.25) is 0 Å². The Balaban J connectivity index is 2.39. The van der Waals surface area contributed by atoms with E-state index in [-0.39, 0.29) is 6.04 Å². The van der Waals surface area contributed by atoms with Crippen molar-refractivity contribution in [1.29, 1.82) is 0 Å². The molecule has 1 aromatic heterocycles. The standard InChI is InChI=1S/C9H15ClN2O2S/c1-13-3-4-14-6-8(12-11)9-7(10)2-5-15-9/h2,5,8,12H,3-4,6,11H2,1H3. The van der Waals surface area contributed by atoms with E-state index in [1.807, 2.05) is 11.4 Å². The summed E-state index contributed by atoms with van der Waals surface area (Å²) in [4.78, 5) is 0.997. The molecule has 0 aliphatic heterocycles. The van der Waals surface area contributed by atoms with Gasteiger partial charge >= 0.3 is 0 Å². The molecule has 6 heteroatoms. The summed E-state index contributed by atoms with van der Waals surface area (Å²) in [5, 5.41) is 2.65. The lowest BCUT2D eigenvalue weighted by Crippen LogP contribution is -2.31. The van der Waals surface area contributed by atoms with Crippen LogP contribution in [-0.4, -0.2) is 26.9 Å². The summed E-state index contributed by atoms with van der Waals surface area (Å²) in [6.07, 6.45) is 0. The molecule has 0 bridgehead atoms. The molecule has 1 unspecified atom stereocenters. The number of hydrogen-bond acceptors (Lipinski definition) is 5. The fraction of sp³-hybridized carbons (Fsp3) is 0.556. The van der Waals surface area contributed by atoms with Crippen molar-refractivity contribution in [2.24, 2.45) is 5.84 Å². The third-order valence-electron chi connectivity index (χ3n) is 1.88. The van der Waals surface area contributed by atoms with Crippen molar-refractivity contribution in [1.82, 2.24) is 5.43 Å². The molecule has 0 aliphatic rings. The Morgan fingerprint density at radius 2 is 2.40 bits per heavy atom. The number of hydrogen-bond donors (Lipinski definition) is 2. The normalized spacial score (nSPS) is 13.0. The van der Waals surface area contributed by atoms with E-state index in [9.17, 15) is 0 Å². The maximum atomic E-state index is 5.99. The van der Waals surface area contributed by atoms with E-state index in [4.69, 9.17) is 26.9 Å². The summed E-state index contributed by atoms with van der Waals surface area (Å²) < 4.78 is 10.3. The average Bonchev–Trinajstić information content (AvgIpc) is 2.65. The molecule has 0 radical (unpaired) electrons. The number of hydrazine groups is 1. The first-order chi connectivity index (χ1) is 7.29. The van der Waals surface area contributed by atoms with Gasteiger partial charge in [0.15, 0.2) is 0 Å². The van der Waals surface area contributed by atoms with Gasteiger partial charge in [-0.05, 0) is 11.4 Å². The van der Waals surface area contributed by atoms with Crippen molar-refractivity contribution in [2.75, 3.05) is 26.9 Å². The zero-order valence-electron chi connectivity index (χ0n) is 8.53. The Morgan fingerprint density at radius 1 is 1.60 bits per heavy atom. The lowest BCUT2D eigenvalue weighted by molar-refractivity contribution is 0.0590. The third-order valence-corrected chi connectivity index (χ3v) is 3.35. The fourth-order valence-electron chi connectivity index (χ4n) is 1.10. The molecule has 1 atom stereocenters. The predicted octanol–water partition coefficient (Wildman–Crippen LogP) is 1.57. The molecule has 0 amide bonds. The second-order valence-electron chi connectivity index (χ2n) is 2.92. The molecule has 1 aromatic rings. The van der Waals surface area contributed by atoms with E-state index in [0.29, 0.717) is 19.8 Å². The van der Waals surface area contributed by atoms with Crippen LogP contribution in [0, 0.1) is 0 Å². The van der Waals surface area contributed by atoms with Crippen LogP contribution in [0.3, 0.4) is 0 Å². The highest BCUT2D eigenvalue weighted by Crippen LogP contribution is 2.28. The molecular weight excluding hydrogens is 236 g/mol. The Morgan fingerprint density at radius 3 is 2.93 bits per heavy atom. The Kier molecular flexibility index (Phi) is 6.16. The number of nitrogens with two attached hydrogens (primary N) is 1. The van der Waals surface area contributed by atoms with Crippen LogP contribution in [0.5, 0.6) is 0 Å². The van der Waals surface area contributed by atoms with Gasteiger partial charge in [-0.1, -0.05) is 11.6 Å². The van der Waals surface area contributed by atoms with Crippen LogP contribution in [0.25, 0.3) is 0 Å². The lowest BCUT2D eigenvalue weighted by atomic mass is 10.3. The highest BCUT2D eigenvalue weighted by molar-refractivity contribution is 7.10. The van der Waals surface area contributed by atoms with Crippen LogP contribution < -0.4 is 11.3 Å². The van der Waals surface area contributed by atoms with Gasteiger partial charge in [0.25, 0.3) is 0 Å². The molecule has 0 aromatic carbocycles. The molecule has 86 valence electrons. The number of thiophene rings is 1. The first-order valence-electron chi connectivity index (χ1n) is 4.55. The van der Waals surface area contributed by atoms with E-state index >= 15 is 0 Å². The van der Waals surface area contributed by atoms with Crippen LogP contribution in [0.1, 0.15) is 10.9 Å². The van der Waals surface area contributed by atoms with Gasteiger partial charge in [0.1, 0.15) is 0 Å². The predicted molar refractivity (Wildman–Crippen MR) is 62.1 cm³/mol. The highest BCUT2D eigenvalue weighted by Gasteiger charge is 2.14. The van der Waals surface area contributed by atoms with E-state index in [0.717, 1.165) is 9.90 Å². The summed E-state index contributed by atoms with van der Waals surface area (Å²) in [6.45, 7) is 1.62. The molecule has 0 saturated heterocycles. The van der Waals surface area contributed by atoms with Crippen LogP contribution in [0.4, 0.5) is 0 Å². The minimum atomic E-state index is -0.0608. The first-order valence-corrected chi connectivity index (χ1v) is 5.81. The molecule has 1 heterocycles. The van der Waals surface area contributed by atoms with Crippen molar-refractivity contribution in [3.05, 3.63) is 21.3 Å². The number of halogens is 1. The van der Waals surface area contributed by atoms with E-state index in [1.54, 1.807) is 18.4 Å². The van der Waals surface area contributed by atoms with Crippen LogP contribution in [0.15, 0.2) is 11.4 Å². The molecular formula is C9H15ClN2O2S. The van der Waals surface area contributed by atoms with Crippen molar-refractivity contribution in [2.45, 2.75) is 6.04 Å².